The number of hydrogen-bond acceptors (Lipinski definition) is 2. The number of nitrogens with one attached hydrogen (secondary N) is 1. The molecule has 0 saturated carbocycles. The van der Waals surface area contributed by atoms with Gasteiger partial charge < -0.3 is 11.1 Å². The first-order chi connectivity index (χ1) is 6.98. The van der Waals surface area contributed by atoms with Crippen LogP contribution in [-0.4, -0.2) is 6.54 Å². The van der Waals surface area contributed by atoms with Crippen molar-refractivity contribution < 1.29 is 13.2 Å². The van der Waals surface area contributed by atoms with Crippen LogP contribution in [0.2, 0.25) is 0 Å². The van der Waals surface area contributed by atoms with E-state index in [9.17, 15) is 13.2 Å². The minimum absolute atomic E-state index is 0.302. The summed E-state index contributed by atoms with van der Waals surface area (Å²) in [7, 11) is 0. The lowest BCUT2D eigenvalue weighted by molar-refractivity contribution is -0.137. The lowest BCUT2D eigenvalue weighted by Crippen LogP contribution is -2.23. The van der Waals surface area contributed by atoms with Gasteiger partial charge in [-0.25, -0.2) is 0 Å². The summed E-state index contributed by atoms with van der Waals surface area (Å²) in [5.74, 6) is 0. The highest BCUT2D eigenvalue weighted by molar-refractivity contribution is 5.56. The molecule has 1 aliphatic heterocycles. The van der Waals surface area contributed by atoms with Crippen molar-refractivity contribution in [1.82, 2.24) is 0 Å². The van der Waals surface area contributed by atoms with Gasteiger partial charge in [-0.3, -0.25) is 0 Å². The first kappa shape index (κ1) is 10.3. The van der Waals surface area contributed by atoms with Gasteiger partial charge in [-0.05, 0) is 30.2 Å². The molecule has 0 bridgehead atoms. The number of benzene rings is 1. The van der Waals surface area contributed by atoms with Crippen LogP contribution in [0.25, 0.3) is 0 Å². The van der Waals surface area contributed by atoms with Crippen LogP contribution in [-0.2, 0) is 6.18 Å². The number of nitrogens with two attached hydrogens (primary N) is 1. The highest BCUT2D eigenvalue weighted by Gasteiger charge is 2.32. The smallest absolute Gasteiger partial charge is 0.385 e. The van der Waals surface area contributed by atoms with Gasteiger partial charge in [0, 0.05) is 18.3 Å². The maximum Gasteiger partial charge on any atom is 0.416 e. The van der Waals surface area contributed by atoms with Gasteiger partial charge in [0.2, 0.25) is 0 Å². The van der Waals surface area contributed by atoms with Crippen molar-refractivity contribution in [3.05, 3.63) is 29.3 Å². The summed E-state index contributed by atoms with van der Waals surface area (Å²) in [6, 6.07) is 3.34. The van der Waals surface area contributed by atoms with Gasteiger partial charge in [0.05, 0.1) is 5.56 Å². The molecule has 5 heteroatoms. The first-order valence-corrected chi connectivity index (χ1v) is 4.69. The van der Waals surface area contributed by atoms with Crippen molar-refractivity contribution in [1.29, 1.82) is 0 Å². The molecule has 1 heterocycles. The Bertz CT molecular complexity index is 373. The van der Waals surface area contributed by atoms with Crippen LogP contribution >= 0.6 is 0 Å². The predicted octanol–water partition coefficient (Wildman–Crippen LogP) is 2.52. The molecule has 2 nitrogen and oxygen atoms in total. The largest absolute Gasteiger partial charge is 0.416 e. The van der Waals surface area contributed by atoms with E-state index >= 15 is 0 Å². The summed E-state index contributed by atoms with van der Waals surface area (Å²) >= 11 is 0. The fourth-order valence-electron chi connectivity index (χ4n) is 1.72. The third-order valence-electron chi connectivity index (χ3n) is 2.55. The molecule has 0 unspecified atom stereocenters. The number of alkyl halides is 3. The van der Waals surface area contributed by atoms with Crippen LogP contribution in [0.4, 0.5) is 18.9 Å². The monoisotopic (exact) mass is 216 g/mol. The minimum atomic E-state index is -4.30. The molecular weight excluding hydrogens is 205 g/mol. The third-order valence-corrected chi connectivity index (χ3v) is 2.55. The van der Waals surface area contributed by atoms with Crippen molar-refractivity contribution in [2.24, 2.45) is 5.73 Å². The standard InChI is InChI=1S/C10H11F3N2/c11-10(12,13)6-1-2-9-7(5-6)8(14)3-4-15-9/h1-2,5,8,15H,3-4,14H2/t8-/m1/s1. The summed E-state index contributed by atoms with van der Waals surface area (Å²) < 4.78 is 37.3. The zero-order valence-corrected chi connectivity index (χ0v) is 7.93. The highest BCUT2D eigenvalue weighted by atomic mass is 19.4. The van der Waals surface area contributed by atoms with Gasteiger partial charge in [-0.1, -0.05) is 0 Å². The Balaban J connectivity index is 2.44. The molecular formula is C10H11F3N2. The molecule has 15 heavy (non-hydrogen) atoms. The van der Waals surface area contributed by atoms with E-state index in [-0.39, 0.29) is 6.04 Å². The zero-order valence-electron chi connectivity index (χ0n) is 7.93. The van der Waals surface area contributed by atoms with Crippen LogP contribution < -0.4 is 11.1 Å². The molecule has 0 aliphatic carbocycles. The maximum atomic E-state index is 12.4. The van der Waals surface area contributed by atoms with Gasteiger partial charge in [0.15, 0.2) is 0 Å². The van der Waals surface area contributed by atoms with Gasteiger partial charge >= 0.3 is 6.18 Å². The van der Waals surface area contributed by atoms with E-state index in [1.165, 1.54) is 6.07 Å². The minimum Gasteiger partial charge on any atom is -0.385 e. The van der Waals surface area contributed by atoms with Crippen LogP contribution in [0.5, 0.6) is 0 Å². The van der Waals surface area contributed by atoms with Crippen molar-refractivity contribution in [3.63, 3.8) is 0 Å². The van der Waals surface area contributed by atoms with E-state index < -0.39 is 11.7 Å². The Hall–Kier alpha value is -1.23. The van der Waals surface area contributed by atoms with E-state index in [4.69, 9.17) is 5.73 Å². The summed E-state index contributed by atoms with van der Waals surface area (Å²) in [6.45, 7) is 0.708. The topological polar surface area (TPSA) is 38.0 Å². The Labute approximate surface area is 85.3 Å². The van der Waals surface area contributed by atoms with E-state index in [0.29, 0.717) is 24.2 Å². The molecule has 0 radical (unpaired) electrons. The number of rotatable bonds is 0. The Morgan fingerprint density at radius 2 is 2.07 bits per heavy atom. The molecule has 0 amide bonds. The number of fused-ring (bicyclic) bond motifs is 1. The number of halogens is 3. The van der Waals surface area contributed by atoms with Gasteiger partial charge in [-0.15, -0.1) is 0 Å². The van der Waals surface area contributed by atoms with Gasteiger partial charge in [-0.2, -0.15) is 13.2 Å². The molecule has 3 N–H and O–H groups in total. The predicted molar refractivity (Wildman–Crippen MR) is 51.5 cm³/mol. The first-order valence-electron chi connectivity index (χ1n) is 4.69. The second-order valence-corrected chi connectivity index (χ2v) is 3.62. The molecule has 1 aromatic rings. The molecule has 1 aromatic carbocycles. The van der Waals surface area contributed by atoms with Crippen LogP contribution in [0.3, 0.4) is 0 Å². The molecule has 1 atom stereocenters. The molecule has 0 spiro atoms. The van der Waals surface area contributed by atoms with Gasteiger partial charge in [0.25, 0.3) is 0 Å². The summed E-state index contributed by atoms with van der Waals surface area (Å²) in [5, 5.41) is 3.02. The Morgan fingerprint density at radius 1 is 1.33 bits per heavy atom. The average Bonchev–Trinajstić information content (AvgIpc) is 2.16. The molecule has 2 rings (SSSR count). The van der Waals surface area contributed by atoms with Crippen LogP contribution in [0, 0.1) is 0 Å². The lowest BCUT2D eigenvalue weighted by Gasteiger charge is -2.24. The Morgan fingerprint density at radius 3 is 2.73 bits per heavy atom. The molecule has 0 saturated heterocycles. The quantitative estimate of drug-likeness (QED) is 0.699. The van der Waals surface area contributed by atoms with Crippen LogP contribution in [0.1, 0.15) is 23.6 Å². The molecule has 1 aliphatic rings. The Kier molecular flexibility index (Phi) is 2.34. The fourth-order valence-corrected chi connectivity index (χ4v) is 1.72. The summed E-state index contributed by atoms with van der Waals surface area (Å²) in [5.41, 5.74) is 6.37. The SMILES string of the molecule is N[C@@H]1CCNc2ccc(C(F)(F)F)cc21. The molecule has 0 aromatic heterocycles. The van der Waals surface area contributed by atoms with E-state index in [2.05, 4.69) is 5.32 Å². The lowest BCUT2D eigenvalue weighted by atomic mass is 9.96. The summed E-state index contributed by atoms with van der Waals surface area (Å²) in [6.07, 6.45) is -3.64. The molecule has 0 fully saturated rings. The van der Waals surface area contributed by atoms with E-state index in [0.717, 1.165) is 12.1 Å². The van der Waals surface area contributed by atoms with Crippen molar-refractivity contribution in [3.8, 4) is 0 Å². The second kappa shape index (κ2) is 3.41. The van der Waals surface area contributed by atoms with E-state index in [1.807, 2.05) is 0 Å². The van der Waals surface area contributed by atoms with Gasteiger partial charge in [0.1, 0.15) is 0 Å². The zero-order chi connectivity index (χ0) is 11.1. The number of hydrogen-bond donors (Lipinski definition) is 2. The normalized spacial score (nSPS) is 20.7. The van der Waals surface area contributed by atoms with Crippen molar-refractivity contribution >= 4 is 5.69 Å². The number of anilines is 1. The maximum absolute atomic E-state index is 12.4. The van der Waals surface area contributed by atoms with Crippen molar-refractivity contribution in [2.75, 3.05) is 11.9 Å². The third kappa shape index (κ3) is 1.92. The average molecular weight is 216 g/mol. The molecule has 82 valence electrons. The fraction of sp³-hybridized carbons (Fsp3) is 0.400. The van der Waals surface area contributed by atoms with Crippen molar-refractivity contribution in [2.45, 2.75) is 18.6 Å². The van der Waals surface area contributed by atoms with Crippen LogP contribution in [0.15, 0.2) is 18.2 Å². The summed E-state index contributed by atoms with van der Waals surface area (Å²) in [4.78, 5) is 0. The highest BCUT2D eigenvalue weighted by Crippen LogP contribution is 2.35. The van der Waals surface area contributed by atoms with E-state index in [1.54, 1.807) is 0 Å². The second-order valence-electron chi connectivity index (χ2n) is 3.62.